The van der Waals surface area contributed by atoms with Crippen molar-refractivity contribution in [3.8, 4) is 0 Å². The number of piperidine rings is 1. The quantitative estimate of drug-likeness (QED) is 0.458. The molecule has 214 valence electrons. The number of nitrogens with two attached hydrogens (primary N) is 1. The van der Waals surface area contributed by atoms with Gasteiger partial charge < -0.3 is 21.1 Å². The average Bonchev–Trinajstić information content (AvgIpc) is 2.86. The van der Waals surface area contributed by atoms with Crippen LogP contribution < -0.4 is 16.4 Å². The number of ether oxygens (including phenoxy) is 1. The number of fused-ring (bicyclic) bond motifs is 2. The summed E-state index contributed by atoms with van der Waals surface area (Å²) in [6, 6.07) is 11.4. The van der Waals surface area contributed by atoms with E-state index in [2.05, 4.69) is 27.7 Å². The molecule has 0 saturated carbocycles. The van der Waals surface area contributed by atoms with E-state index in [9.17, 15) is 35.9 Å². The number of hydrogen-bond acceptors (Lipinski definition) is 4. The monoisotopic (exact) mass is 560 g/mol. The first-order chi connectivity index (χ1) is 18.1. The van der Waals surface area contributed by atoms with Gasteiger partial charge in [0.25, 0.3) is 0 Å². The molecule has 2 bridgehead atoms. The van der Waals surface area contributed by atoms with Gasteiger partial charge in [-0.3, -0.25) is 9.69 Å². The summed E-state index contributed by atoms with van der Waals surface area (Å²) in [6.45, 7) is 2.89. The number of halogens is 6. The van der Waals surface area contributed by atoms with Gasteiger partial charge in [-0.1, -0.05) is 30.3 Å². The lowest BCUT2D eigenvalue weighted by Crippen LogP contribution is -2.69. The number of hydrogen-bond donors (Lipinski definition) is 3. The van der Waals surface area contributed by atoms with Gasteiger partial charge in [0.05, 0.1) is 29.3 Å². The second-order valence-electron chi connectivity index (χ2n) is 9.63. The average molecular weight is 561 g/mol. The van der Waals surface area contributed by atoms with E-state index in [1.165, 1.54) is 19.6 Å². The molecule has 0 radical (unpaired) electrons. The minimum Gasteiger partial charge on any atom is -0.377 e. The molecule has 2 saturated heterocycles. The molecule has 0 aromatic heterocycles. The number of methoxy groups -OCH3 is 1. The Balaban J connectivity index is 0.000000219. The van der Waals surface area contributed by atoms with E-state index >= 15 is 0 Å². The van der Waals surface area contributed by atoms with Crippen molar-refractivity contribution >= 4 is 11.9 Å². The van der Waals surface area contributed by atoms with Crippen LogP contribution in [0.1, 0.15) is 54.2 Å². The lowest BCUT2D eigenvalue weighted by Gasteiger charge is -2.51. The third kappa shape index (κ3) is 7.85. The molecule has 2 heterocycles. The highest BCUT2D eigenvalue weighted by atomic mass is 19.4. The predicted molar refractivity (Wildman–Crippen MR) is 130 cm³/mol. The van der Waals surface area contributed by atoms with Crippen LogP contribution in [0.25, 0.3) is 0 Å². The van der Waals surface area contributed by atoms with Crippen LogP contribution in [0, 0.1) is 0 Å². The van der Waals surface area contributed by atoms with E-state index in [0.29, 0.717) is 25.2 Å². The smallest absolute Gasteiger partial charge is 0.377 e. The number of primary amides is 1. The zero-order valence-corrected chi connectivity index (χ0v) is 21.3. The Morgan fingerprint density at radius 2 is 1.72 bits per heavy atom. The van der Waals surface area contributed by atoms with E-state index in [4.69, 9.17) is 10.5 Å². The number of alkyl halides is 6. The standard InChI is InChI=1S/C15H20N4O2.C11H10F6O/c16-14(21)17-9-15-7-6-12(11-4-2-1-3-5-11)19(10-15)8-13(20)18-15;1-6(18-2)7-3-8(10(12,13)14)5-9(4-7)11(15,16)17/h1-5,12H,6-10H2,(H,18,20)(H3,16,17,21);3-6H,1-2H3/t12-,15-;6-/m01/s1. The number of benzene rings is 2. The third-order valence-corrected chi connectivity index (χ3v) is 6.81. The second kappa shape index (κ2) is 11.8. The number of piperazine rings is 1. The van der Waals surface area contributed by atoms with Crippen molar-refractivity contribution in [3.63, 3.8) is 0 Å². The molecule has 3 amide bonds. The predicted octanol–water partition coefficient (Wildman–Crippen LogP) is 4.79. The van der Waals surface area contributed by atoms with Crippen LogP contribution in [0.15, 0.2) is 48.5 Å². The maximum absolute atomic E-state index is 12.5. The molecular formula is C26H30F6N4O3. The zero-order chi connectivity index (χ0) is 29.0. The highest BCUT2D eigenvalue weighted by Crippen LogP contribution is 2.38. The summed E-state index contributed by atoms with van der Waals surface area (Å²) in [4.78, 5) is 25.2. The molecule has 2 fully saturated rings. The summed E-state index contributed by atoms with van der Waals surface area (Å²) in [5.41, 5.74) is 3.16. The molecule has 13 heteroatoms. The van der Waals surface area contributed by atoms with Crippen molar-refractivity contribution in [2.75, 3.05) is 26.7 Å². The molecule has 4 N–H and O–H groups in total. The van der Waals surface area contributed by atoms with Crippen LogP contribution in [0.4, 0.5) is 31.1 Å². The summed E-state index contributed by atoms with van der Waals surface area (Å²) in [6.07, 6.45) is -8.74. The van der Waals surface area contributed by atoms with Crippen LogP contribution in [0.3, 0.4) is 0 Å². The molecule has 4 atom stereocenters. The summed E-state index contributed by atoms with van der Waals surface area (Å²) >= 11 is 0. The number of nitrogens with zero attached hydrogens (tertiary/aromatic N) is 1. The van der Waals surface area contributed by atoms with E-state index < -0.39 is 41.2 Å². The molecular weight excluding hydrogens is 530 g/mol. The molecule has 7 nitrogen and oxygen atoms in total. The van der Waals surface area contributed by atoms with Crippen molar-refractivity contribution in [2.24, 2.45) is 5.73 Å². The highest BCUT2D eigenvalue weighted by Gasteiger charge is 2.45. The molecule has 0 aliphatic carbocycles. The molecule has 2 aromatic rings. The van der Waals surface area contributed by atoms with Gasteiger partial charge in [-0.05, 0) is 49.1 Å². The maximum atomic E-state index is 12.5. The Bertz CT molecular complexity index is 1130. The third-order valence-electron chi connectivity index (χ3n) is 6.81. The number of carbonyl (C=O) groups is 2. The minimum absolute atomic E-state index is 0.00755. The Hall–Kier alpha value is -3.32. The van der Waals surface area contributed by atoms with E-state index in [0.717, 1.165) is 19.4 Å². The molecule has 2 aromatic carbocycles. The van der Waals surface area contributed by atoms with Gasteiger partial charge in [-0.15, -0.1) is 0 Å². The van der Waals surface area contributed by atoms with Crippen LogP contribution in [-0.4, -0.2) is 49.1 Å². The van der Waals surface area contributed by atoms with Crippen LogP contribution in [0.2, 0.25) is 0 Å². The number of amides is 3. The molecule has 2 aliphatic heterocycles. The fourth-order valence-corrected chi connectivity index (χ4v) is 4.81. The molecule has 1 unspecified atom stereocenters. The van der Waals surface area contributed by atoms with Crippen LogP contribution in [0.5, 0.6) is 0 Å². The first kappa shape index (κ1) is 30.2. The minimum atomic E-state index is -4.83. The van der Waals surface area contributed by atoms with Crippen molar-refractivity contribution in [1.82, 2.24) is 15.5 Å². The van der Waals surface area contributed by atoms with Gasteiger partial charge in [0, 0.05) is 26.2 Å². The number of carbonyl (C=O) groups excluding carboxylic acids is 2. The number of nitrogens with one attached hydrogen (secondary N) is 2. The fraction of sp³-hybridized carbons (Fsp3) is 0.462. The molecule has 4 rings (SSSR count). The zero-order valence-electron chi connectivity index (χ0n) is 21.3. The number of urea groups is 1. The van der Waals surface area contributed by atoms with Crippen LogP contribution in [-0.2, 0) is 21.9 Å². The maximum Gasteiger partial charge on any atom is 0.416 e. The van der Waals surface area contributed by atoms with E-state index in [1.54, 1.807) is 0 Å². The lowest BCUT2D eigenvalue weighted by molar-refractivity contribution is -0.143. The summed E-state index contributed by atoms with van der Waals surface area (Å²) in [5, 5.41) is 5.67. The first-order valence-corrected chi connectivity index (χ1v) is 12.1. The number of rotatable bonds is 5. The summed E-state index contributed by atoms with van der Waals surface area (Å²) in [7, 11) is 1.21. The second-order valence-corrected chi connectivity index (χ2v) is 9.63. The molecule has 0 spiro atoms. The van der Waals surface area contributed by atoms with Crippen molar-refractivity contribution in [2.45, 2.75) is 49.8 Å². The first-order valence-electron chi connectivity index (χ1n) is 12.1. The van der Waals surface area contributed by atoms with Gasteiger partial charge in [0.1, 0.15) is 0 Å². The van der Waals surface area contributed by atoms with Gasteiger partial charge >= 0.3 is 18.4 Å². The Morgan fingerprint density at radius 1 is 1.13 bits per heavy atom. The summed E-state index contributed by atoms with van der Waals surface area (Å²) < 4.78 is 79.7. The van der Waals surface area contributed by atoms with Gasteiger partial charge in [0.2, 0.25) is 5.91 Å². The van der Waals surface area contributed by atoms with Gasteiger partial charge in [-0.25, -0.2) is 4.79 Å². The van der Waals surface area contributed by atoms with Crippen LogP contribution >= 0.6 is 0 Å². The highest BCUT2D eigenvalue weighted by molar-refractivity contribution is 5.80. The fourth-order valence-electron chi connectivity index (χ4n) is 4.81. The van der Waals surface area contributed by atoms with Gasteiger partial charge in [0.15, 0.2) is 0 Å². The topological polar surface area (TPSA) is 96.7 Å². The van der Waals surface area contributed by atoms with E-state index in [1.807, 2.05) is 18.2 Å². The van der Waals surface area contributed by atoms with Crippen molar-refractivity contribution in [1.29, 1.82) is 0 Å². The largest absolute Gasteiger partial charge is 0.416 e. The Kier molecular flexibility index (Phi) is 9.16. The summed E-state index contributed by atoms with van der Waals surface area (Å²) in [5.74, 6) is 0.00755. The SMILES string of the molecule is CO[C@H](C)c1cc(C(F)(F)F)cc(C(F)(F)F)c1.NC(=O)NC[C@]12CC[C@@H](c3ccccc3)N(CC(=O)N1)C2. The Morgan fingerprint density at radius 3 is 2.23 bits per heavy atom. The Labute approximate surface area is 221 Å². The molecule has 2 aliphatic rings. The van der Waals surface area contributed by atoms with Crippen molar-refractivity contribution in [3.05, 3.63) is 70.8 Å². The van der Waals surface area contributed by atoms with Gasteiger partial charge in [-0.2, -0.15) is 26.3 Å². The lowest BCUT2D eigenvalue weighted by atomic mass is 9.81. The molecule has 39 heavy (non-hydrogen) atoms. The normalized spacial score (nSPS) is 23.6. The van der Waals surface area contributed by atoms with E-state index in [-0.39, 0.29) is 23.6 Å². The van der Waals surface area contributed by atoms with Crippen molar-refractivity contribution < 1.29 is 40.7 Å².